The maximum Gasteiger partial charge on any atom is 0.313 e. The SMILES string of the molecule is C=C(/C=C\C(=NC)NC(C)=O)[C@@H]1CC[C@@H](C)CN1C(=O)C(=O)Nc1cnc(OC)c(C(N)=O)c1. The van der Waals surface area contributed by atoms with Crippen LogP contribution in [0.1, 0.15) is 37.0 Å². The monoisotopic (exact) mass is 470 g/mol. The van der Waals surface area contributed by atoms with Crippen LogP contribution in [0.4, 0.5) is 5.69 Å². The second-order valence-corrected chi connectivity index (χ2v) is 7.95. The Morgan fingerprint density at radius 2 is 2.00 bits per heavy atom. The van der Waals surface area contributed by atoms with Crippen molar-refractivity contribution in [2.45, 2.75) is 32.7 Å². The van der Waals surface area contributed by atoms with Gasteiger partial charge in [0.1, 0.15) is 11.4 Å². The number of carbonyl (C=O) groups is 4. The minimum Gasteiger partial charge on any atom is -0.480 e. The first kappa shape index (κ1) is 26.2. The lowest BCUT2D eigenvalue weighted by Gasteiger charge is -2.38. The molecule has 11 heteroatoms. The molecule has 2 heterocycles. The van der Waals surface area contributed by atoms with Crippen molar-refractivity contribution in [3.8, 4) is 5.88 Å². The summed E-state index contributed by atoms with van der Waals surface area (Å²) in [5, 5.41) is 5.06. The number of nitrogens with two attached hydrogens (primary N) is 1. The van der Waals surface area contributed by atoms with E-state index in [4.69, 9.17) is 10.5 Å². The normalized spacial score (nSPS) is 18.4. The molecule has 0 spiro atoms. The predicted molar refractivity (Wildman–Crippen MR) is 127 cm³/mol. The Balaban J connectivity index is 2.20. The fourth-order valence-electron chi connectivity index (χ4n) is 3.59. The highest BCUT2D eigenvalue weighted by Gasteiger charge is 2.34. The van der Waals surface area contributed by atoms with Crippen molar-refractivity contribution >= 4 is 35.2 Å². The van der Waals surface area contributed by atoms with E-state index < -0.39 is 23.8 Å². The van der Waals surface area contributed by atoms with Crippen molar-refractivity contribution in [3.63, 3.8) is 0 Å². The fraction of sp³-hybridized carbons (Fsp3) is 0.391. The van der Waals surface area contributed by atoms with Gasteiger partial charge in [0, 0.05) is 20.5 Å². The van der Waals surface area contributed by atoms with Gasteiger partial charge in [-0.15, -0.1) is 0 Å². The van der Waals surface area contributed by atoms with Crippen molar-refractivity contribution in [2.75, 3.05) is 26.0 Å². The second-order valence-electron chi connectivity index (χ2n) is 7.95. The van der Waals surface area contributed by atoms with Crippen LogP contribution in [0, 0.1) is 5.92 Å². The van der Waals surface area contributed by atoms with E-state index >= 15 is 0 Å². The number of ether oxygens (including phenoxy) is 1. The third-order valence-corrected chi connectivity index (χ3v) is 5.27. The summed E-state index contributed by atoms with van der Waals surface area (Å²) in [6, 6.07) is 0.890. The van der Waals surface area contributed by atoms with Crippen LogP contribution >= 0.6 is 0 Å². The van der Waals surface area contributed by atoms with Gasteiger partial charge in [-0.2, -0.15) is 0 Å². The molecule has 2 rings (SSSR count). The highest BCUT2D eigenvalue weighted by molar-refractivity contribution is 6.39. The Morgan fingerprint density at radius 3 is 2.59 bits per heavy atom. The van der Waals surface area contributed by atoms with Crippen LogP contribution in [0.2, 0.25) is 0 Å². The summed E-state index contributed by atoms with van der Waals surface area (Å²) in [5.74, 6) is -2.11. The first-order valence-electron chi connectivity index (χ1n) is 10.6. The number of hydrogen-bond donors (Lipinski definition) is 3. The number of nitrogens with zero attached hydrogens (tertiary/aromatic N) is 3. The number of methoxy groups -OCH3 is 1. The Kier molecular flexibility index (Phi) is 9.05. The second kappa shape index (κ2) is 11.7. The topological polar surface area (TPSA) is 156 Å². The molecule has 1 saturated heterocycles. The van der Waals surface area contributed by atoms with Crippen LogP contribution < -0.4 is 21.1 Å². The number of anilines is 1. The number of piperidine rings is 1. The van der Waals surface area contributed by atoms with Gasteiger partial charge in [0.05, 0.1) is 25.0 Å². The summed E-state index contributed by atoms with van der Waals surface area (Å²) in [7, 11) is 2.87. The van der Waals surface area contributed by atoms with Crippen LogP contribution in [0.15, 0.2) is 41.6 Å². The highest BCUT2D eigenvalue weighted by Crippen LogP contribution is 2.27. The average Bonchev–Trinajstić information content (AvgIpc) is 2.80. The lowest BCUT2D eigenvalue weighted by molar-refractivity contribution is -0.145. The lowest BCUT2D eigenvalue weighted by atomic mass is 9.90. The third kappa shape index (κ3) is 6.74. The molecule has 1 aliphatic rings. The molecular formula is C23H30N6O5. The Morgan fingerprint density at radius 1 is 1.29 bits per heavy atom. The summed E-state index contributed by atoms with van der Waals surface area (Å²) in [4.78, 5) is 58.1. The first-order valence-corrected chi connectivity index (χ1v) is 10.6. The van der Waals surface area contributed by atoms with Gasteiger partial charge < -0.3 is 26.0 Å². The number of hydrogen-bond acceptors (Lipinski definition) is 7. The van der Waals surface area contributed by atoms with Gasteiger partial charge in [0.25, 0.3) is 5.91 Å². The molecule has 4 N–H and O–H groups in total. The van der Waals surface area contributed by atoms with Crippen LogP contribution in [0.25, 0.3) is 0 Å². The van der Waals surface area contributed by atoms with Crippen molar-refractivity contribution in [1.82, 2.24) is 15.2 Å². The van der Waals surface area contributed by atoms with Gasteiger partial charge >= 0.3 is 11.8 Å². The third-order valence-electron chi connectivity index (χ3n) is 5.27. The Hall–Kier alpha value is -4.02. The van der Waals surface area contributed by atoms with E-state index in [2.05, 4.69) is 27.2 Å². The zero-order chi connectivity index (χ0) is 25.4. The predicted octanol–water partition coefficient (Wildman–Crippen LogP) is 1.03. The summed E-state index contributed by atoms with van der Waals surface area (Å²) in [6.07, 6.45) is 6.01. The number of amidine groups is 1. The number of likely N-dealkylation sites (tertiary alicyclic amines) is 1. The first-order chi connectivity index (χ1) is 16.1. The van der Waals surface area contributed by atoms with Gasteiger partial charge in [0.15, 0.2) is 0 Å². The number of rotatable bonds is 6. The van der Waals surface area contributed by atoms with Crippen LogP contribution in [0.3, 0.4) is 0 Å². The van der Waals surface area contributed by atoms with E-state index in [9.17, 15) is 19.2 Å². The lowest BCUT2D eigenvalue weighted by Crippen LogP contribution is -2.50. The molecule has 0 aromatic carbocycles. The quantitative estimate of drug-likeness (QED) is 0.244. The Bertz CT molecular complexity index is 1050. The summed E-state index contributed by atoms with van der Waals surface area (Å²) in [6.45, 7) is 7.81. The molecule has 1 aromatic heterocycles. The molecule has 11 nitrogen and oxygen atoms in total. The van der Waals surface area contributed by atoms with E-state index in [0.29, 0.717) is 24.4 Å². The summed E-state index contributed by atoms with van der Waals surface area (Å²) >= 11 is 0. The fourth-order valence-corrected chi connectivity index (χ4v) is 3.59. The van der Waals surface area contributed by atoms with Gasteiger partial charge in [-0.05, 0) is 36.5 Å². The highest BCUT2D eigenvalue weighted by atomic mass is 16.5. The molecule has 2 atom stereocenters. The number of aromatic nitrogens is 1. The molecule has 1 aliphatic heterocycles. The molecule has 34 heavy (non-hydrogen) atoms. The minimum absolute atomic E-state index is 0.0130. The zero-order valence-corrected chi connectivity index (χ0v) is 19.8. The van der Waals surface area contributed by atoms with Crippen LogP contribution in [0.5, 0.6) is 5.88 Å². The van der Waals surface area contributed by atoms with Gasteiger partial charge in [-0.25, -0.2) is 4.98 Å². The van der Waals surface area contributed by atoms with E-state index in [0.717, 1.165) is 6.42 Å². The number of primary amides is 1. The van der Waals surface area contributed by atoms with Crippen molar-refractivity contribution in [2.24, 2.45) is 16.6 Å². The minimum atomic E-state index is -0.882. The Labute approximate surface area is 198 Å². The number of amides is 4. The van der Waals surface area contributed by atoms with Crippen molar-refractivity contribution in [3.05, 3.63) is 42.1 Å². The number of pyridine rings is 1. The smallest absolute Gasteiger partial charge is 0.313 e. The molecule has 4 amide bonds. The van der Waals surface area contributed by atoms with E-state index in [1.807, 2.05) is 6.92 Å². The largest absolute Gasteiger partial charge is 0.480 e. The zero-order valence-electron chi connectivity index (χ0n) is 19.8. The van der Waals surface area contributed by atoms with Crippen LogP contribution in [-0.2, 0) is 14.4 Å². The number of nitrogens with one attached hydrogen (secondary N) is 2. The number of aliphatic imine (C=N–C) groups is 1. The number of carbonyl (C=O) groups excluding carboxylic acids is 4. The van der Waals surface area contributed by atoms with Crippen molar-refractivity contribution < 1.29 is 23.9 Å². The van der Waals surface area contributed by atoms with Gasteiger partial charge in [-0.3, -0.25) is 24.2 Å². The average molecular weight is 471 g/mol. The van der Waals surface area contributed by atoms with Crippen LogP contribution in [-0.4, -0.2) is 66.1 Å². The van der Waals surface area contributed by atoms with E-state index in [1.165, 1.54) is 31.2 Å². The van der Waals surface area contributed by atoms with E-state index in [-0.39, 0.29) is 29.0 Å². The van der Waals surface area contributed by atoms with Gasteiger partial charge in [-0.1, -0.05) is 19.6 Å². The standard InChI is InChI=1S/C23H30N6O5/c1-13-6-8-18(14(2)7-9-19(25-4)27-15(3)30)29(12-13)23(33)21(32)28-16-10-17(20(24)31)22(34-5)26-11-16/h7,9-11,13,18H,2,6,8,12H2,1,3-5H3,(H2,24,31)(H,28,32)(H,25,27,30)/b9-7-/t13-,18+/m1/s1. The molecule has 0 bridgehead atoms. The maximum atomic E-state index is 13.1. The molecule has 0 radical (unpaired) electrons. The summed E-state index contributed by atoms with van der Waals surface area (Å²) < 4.78 is 4.98. The molecule has 1 aromatic rings. The molecule has 182 valence electrons. The molecule has 0 saturated carbocycles. The molecule has 0 unspecified atom stereocenters. The summed E-state index contributed by atoms with van der Waals surface area (Å²) in [5.41, 5.74) is 6.03. The van der Waals surface area contributed by atoms with E-state index in [1.54, 1.807) is 19.2 Å². The molecule has 1 fully saturated rings. The van der Waals surface area contributed by atoms with Crippen molar-refractivity contribution in [1.29, 1.82) is 0 Å². The van der Waals surface area contributed by atoms with Gasteiger partial charge in [0.2, 0.25) is 11.8 Å². The molecule has 0 aliphatic carbocycles. The molecular weight excluding hydrogens is 440 g/mol. The maximum absolute atomic E-state index is 13.1.